The Balaban J connectivity index is 1.61. The maximum absolute atomic E-state index is 6.26. The number of thiocarbonyl (C=S) groups is 1. The van der Waals surface area contributed by atoms with Crippen LogP contribution < -0.4 is 5.32 Å². The summed E-state index contributed by atoms with van der Waals surface area (Å²) in [4.78, 5) is 4.69. The molecule has 4 nitrogen and oxygen atoms in total. The van der Waals surface area contributed by atoms with Crippen molar-refractivity contribution in [3.05, 3.63) is 64.7 Å². The van der Waals surface area contributed by atoms with Crippen LogP contribution in [0, 0.1) is 6.92 Å². The highest BCUT2D eigenvalue weighted by Gasteiger charge is 2.14. The van der Waals surface area contributed by atoms with Crippen molar-refractivity contribution in [3.8, 4) is 0 Å². The number of anilines is 1. The van der Waals surface area contributed by atoms with Crippen LogP contribution in [0.3, 0.4) is 0 Å². The Morgan fingerprint density at radius 2 is 1.93 bits per heavy atom. The summed E-state index contributed by atoms with van der Waals surface area (Å²) in [5.41, 5.74) is 3.23. The van der Waals surface area contributed by atoms with Gasteiger partial charge in [-0.2, -0.15) is 0 Å². The van der Waals surface area contributed by atoms with E-state index in [1.807, 2.05) is 31.2 Å². The molecule has 3 rings (SSSR count). The zero-order chi connectivity index (χ0) is 19.8. The van der Waals surface area contributed by atoms with E-state index < -0.39 is 0 Å². The zero-order valence-electron chi connectivity index (χ0n) is 16.4. The van der Waals surface area contributed by atoms with Crippen molar-refractivity contribution in [1.82, 2.24) is 9.80 Å². The van der Waals surface area contributed by atoms with Gasteiger partial charge in [-0.05, 0) is 48.8 Å². The van der Waals surface area contributed by atoms with Gasteiger partial charge in [0.15, 0.2) is 5.11 Å². The minimum atomic E-state index is 0.728. The van der Waals surface area contributed by atoms with Crippen LogP contribution in [-0.2, 0) is 11.3 Å². The standard InChI is InChI=1S/C22H28ClN3OS/c1-18-8-9-20(16-21(18)23)24-22(28)26(17-19-6-3-2-4-7-19)11-5-10-25-12-14-27-15-13-25/h2-4,6-9,16H,5,10-15,17H2,1H3,(H,24,28). The van der Waals surface area contributed by atoms with Crippen molar-refractivity contribution in [3.63, 3.8) is 0 Å². The number of benzene rings is 2. The van der Waals surface area contributed by atoms with Crippen molar-refractivity contribution >= 4 is 34.6 Å². The number of hydrogen-bond donors (Lipinski definition) is 1. The van der Waals surface area contributed by atoms with Crippen LogP contribution in [0.2, 0.25) is 5.02 Å². The Kier molecular flexibility index (Phi) is 8.10. The first-order valence-electron chi connectivity index (χ1n) is 9.78. The molecule has 1 saturated heterocycles. The van der Waals surface area contributed by atoms with Gasteiger partial charge in [0.2, 0.25) is 0 Å². The summed E-state index contributed by atoms with van der Waals surface area (Å²) in [6.45, 7) is 8.45. The van der Waals surface area contributed by atoms with Gasteiger partial charge in [0, 0.05) is 43.4 Å². The summed E-state index contributed by atoms with van der Waals surface area (Å²) in [5.74, 6) is 0. The van der Waals surface area contributed by atoms with Crippen LogP contribution >= 0.6 is 23.8 Å². The van der Waals surface area contributed by atoms with E-state index in [1.165, 1.54) is 5.56 Å². The molecule has 0 bridgehead atoms. The van der Waals surface area contributed by atoms with E-state index in [4.69, 9.17) is 28.6 Å². The van der Waals surface area contributed by atoms with Gasteiger partial charge in [-0.15, -0.1) is 0 Å². The molecule has 1 aliphatic heterocycles. The minimum Gasteiger partial charge on any atom is -0.379 e. The fourth-order valence-electron chi connectivity index (χ4n) is 3.24. The number of hydrogen-bond acceptors (Lipinski definition) is 3. The van der Waals surface area contributed by atoms with Gasteiger partial charge in [0.05, 0.1) is 13.2 Å². The third-order valence-corrected chi connectivity index (χ3v) is 5.70. The average Bonchev–Trinajstić information content (AvgIpc) is 2.71. The van der Waals surface area contributed by atoms with E-state index in [0.717, 1.165) is 73.7 Å². The highest BCUT2D eigenvalue weighted by Crippen LogP contribution is 2.20. The maximum atomic E-state index is 6.26. The third-order valence-electron chi connectivity index (χ3n) is 4.93. The number of nitrogens with one attached hydrogen (secondary N) is 1. The van der Waals surface area contributed by atoms with Gasteiger partial charge in [-0.3, -0.25) is 4.90 Å². The predicted molar refractivity (Wildman–Crippen MR) is 121 cm³/mol. The van der Waals surface area contributed by atoms with Crippen molar-refractivity contribution < 1.29 is 4.74 Å². The lowest BCUT2D eigenvalue weighted by molar-refractivity contribution is 0.0368. The molecule has 0 unspecified atom stereocenters. The molecule has 0 atom stereocenters. The summed E-state index contributed by atoms with van der Waals surface area (Å²) >= 11 is 12.0. The Labute approximate surface area is 178 Å². The van der Waals surface area contributed by atoms with Gasteiger partial charge in [0.1, 0.15) is 0 Å². The molecular formula is C22H28ClN3OS. The quantitative estimate of drug-likeness (QED) is 0.666. The molecule has 1 fully saturated rings. The minimum absolute atomic E-state index is 0.728. The number of rotatable bonds is 7. The van der Waals surface area contributed by atoms with Gasteiger partial charge in [0.25, 0.3) is 0 Å². The summed E-state index contributed by atoms with van der Waals surface area (Å²) < 4.78 is 5.44. The molecule has 0 radical (unpaired) electrons. The van der Waals surface area contributed by atoms with Gasteiger partial charge in [-0.25, -0.2) is 0 Å². The van der Waals surface area contributed by atoms with E-state index in [0.29, 0.717) is 0 Å². The van der Waals surface area contributed by atoms with E-state index >= 15 is 0 Å². The first kappa shape index (κ1) is 21.1. The molecule has 0 aliphatic carbocycles. The molecule has 1 N–H and O–H groups in total. The smallest absolute Gasteiger partial charge is 0.173 e. The van der Waals surface area contributed by atoms with E-state index in [-0.39, 0.29) is 0 Å². The van der Waals surface area contributed by atoms with Crippen molar-refractivity contribution in [2.24, 2.45) is 0 Å². The van der Waals surface area contributed by atoms with Gasteiger partial charge >= 0.3 is 0 Å². The topological polar surface area (TPSA) is 27.7 Å². The molecule has 0 spiro atoms. The molecular weight excluding hydrogens is 390 g/mol. The third kappa shape index (κ3) is 6.45. The van der Waals surface area contributed by atoms with Crippen molar-refractivity contribution in [1.29, 1.82) is 0 Å². The lowest BCUT2D eigenvalue weighted by Crippen LogP contribution is -2.40. The summed E-state index contributed by atoms with van der Waals surface area (Å²) in [6.07, 6.45) is 1.06. The highest BCUT2D eigenvalue weighted by atomic mass is 35.5. The predicted octanol–water partition coefficient (Wildman–Crippen LogP) is 4.57. The maximum Gasteiger partial charge on any atom is 0.173 e. The first-order valence-corrected chi connectivity index (χ1v) is 10.6. The molecule has 1 heterocycles. The lowest BCUT2D eigenvalue weighted by atomic mass is 10.2. The van der Waals surface area contributed by atoms with Crippen molar-refractivity contribution in [2.75, 3.05) is 44.7 Å². The molecule has 0 saturated carbocycles. The fraction of sp³-hybridized carbons (Fsp3) is 0.409. The van der Waals surface area contributed by atoms with E-state index in [2.05, 4.69) is 39.4 Å². The molecule has 2 aromatic carbocycles. The normalized spacial score (nSPS) is 14.6. The molecule has 28 heavy (non-hydrogen) atoms. The second-order valence-corrected chi connectivity index (χ2v) is 7.90. The molecule has 0 amide bonds. The fourth-order valence-corrected chi connectivity index (χ4v) is 3.69. The second kappa shape index (κ2) is 10.8. The number of halogens is 1. The summed E-state index contributed by atoms with van der Waals surface area (Å²) in [6, 6.07) is 16.4. The molecule has 2 aromatic rings. The second-order valence-electron chi connectivity index (χ2n) is 7.11. The van der Waals surface area contributed by atoms with Crippen LogP contribution in [0.1, 0.15) is 17.5 Å². The van der Waals surface area contributed by atoms with Crippen LogP contribution in [0.5, 0.6) is 0 Å². The van der Waals surface area contributed by atoms with Crippen LogP contribution in [0.4, 0.5) is 5.69 Å². The molecule has 1 aliphatic rings. The Bertz CT molecular complexity index is 766. The lowest BCUT2D eigenvalue weighted by Gasteiger charge is -2.29. The van der Waals surface area contributed by atoms with E-state index in [1.54, 1.807) is 0 Å². The van der Waals surface area contributed by atoms with E-state index in [9.17, 15) is 0 Å². The average molecular weight is 418 g/mol. The Morgan fingerprint density at radius 1 is 1.18 bits per heavy atom. The number of ether oxygens (including phenoxy) is 1. The van der Waals surface area contributed by atoms with Crippen molar-refractivity contribution in [2.45, 2.75) is 19.9 Å². The number of nitrogens with zero attached hydrogens (tertiary/aromatic N) is 2. The number of aryl methyl sites for hydroxylation is 1. The SMILES string of the molecule is Cc1ccc(NC(=S)N(CCCN2CCOCC2)Cc2ccccc2)cc1Cl. The number of morpholine rings is 1. The first-order chi connectivity index (χ1) is 13.6. The zero-order valence-corrected chi connectivity index (χ0v) is 17.9. The monoisotopic (exact) mass is 417 g/mol. The molecule has 0 aromatic heterocycles. The van der Waals surface area contributed by atoms with Crippen LogP contribution in [0.25, 0.3) is 0 Å². The Morgan fingerprint density at radius 3 is 2.64 bits per heavy atom. The largest absolute Gasteiger partial charge is 0.379 e. The van der Waals surface area contributed by atoms with Crippen LogP contribution in [-0.4, -0.2) is 54.3 Å². The Hall–Kier alpha value is -1.66. The van der Waals surface area contributed by atoms with Crippen LogP contribution in [0.15, 0.2) is 48.5 Å². The van der Waals surface area contributed by atoms with Gasteiger partial charge in [-0.1, -0.05) is 48.0 Å². The summed E-state index contributed by atoms with van der Waals surface area (Å²) in [5, 5.41) is 4.83. The molecule has 6 heteroatoms. The highest BCUT2D eigenvalue weighted by molar-refractivity contribution is 7.80. The summed E-state index contributed by atoms with van der Waals surface area (Å²) in [7, 11) is 0. The van der Waals surface area contributed by atoms with Gasteiger partial charge < -0.3 is 15.0 Å². The molecule has 150 valence electrons.